The van der Waals surface area contributed by atoms with Crippen molar-refractivity contribution < 1.29 is 8.78 Å². The smallest absolute Gasteiger partial charge is 0.282 e. The fourth-order valence-electron chi connectivity index (χ4n) is 1.73. The summed E-state index contributed by atoms with van der Waals surface area (Å²) in [5, 5.41) is 11.9. The van der Waals surface area contributed by atoms with Gasteiger partial charge in [0.1, 0.15) is 5.82 Å². The molecule has 0 unspecified atom stereocenters. The zero-order valence-electron chi connectivity index (χ0n) is 8.56. The number of hydrogen-bond donors (Lipinski definition) is 0. The van der Waals surface area contributed by atoms with E-state index in [0.29, 0.717) is 17.3 Å². The van der Waals surface area contributed by atoms with Crippen molar-refractivity contribution in [1.82, 2.24) is 19.8 Å². The second-order valence-electron chi connectivity index (χ2n) is 3.92. The van der Waals surface area contributed by atoms with Gasteiger partial charge in [-0.2, -0.15) is 4.52 Å². The molecule has 1 fully saturated rings. The van der Waals surface area contributed by atoms with Crippen LogP contribution in [0.4, 0.5) is 14.6 Å². The summed E-state index contributed by atoms with van der Waals surface area (Å²) < 4.78 is 27.0. The molecule has 5 nitrogen and oxygen atoms in total. The van der Waals surface area contributed by atoms with Gasteiger partial charge in [-0.3, -0.25) is 0 Å². The molecule has 1 aliphatic rings. The first-order valence-corrected chi connectivity index (χ1v) is 4.87. The maximum absolute atomic E-state index is 12.7. The average molecular weight is 225 g/mol. The highest BCUT2D eigenvalue weighted by molar-refractivity contribution is 5.48. The Labute approximate surface area is 89.7 Å². The van der Waals surface area contributed by atoms with Gasteiger partial charge in [0, 0.05) is 0 Å². The van der Waals surface area contributed by atoms with Crippen molar-refractivity contribution in [3.05, 3.63) is 18.0 Å². The molecule has 2 aromatic heterocycles. The number of nitrogens with zero attached hydrogens (tertiary/aromatic N) is 5. The summed E-state index contributed by atoms with van der Waals surface area (Å²) in [5.74, 6) is -1.41. The van der Waals surface area contributed by atoms with Gasteiger partial charge in [0.15, 0.2) is 11.5 Å². The monoisotopic (exact) mass is 225 g/mol. The second-order valence-corrected chi connectivity index (χ2v) is 3.92. The first-order valence-electron chi connectivity index (χ1n) is 4.87. The minimum absolute atomic E-state index is 0.271. The average Bonchev–Trinajstić information content (AvgIpc) is 2.56. The second kappa shape index (κ2) is 2.87. The largest absolute Gasteiger partial charge is 0.343 e. The van der Waals surface area contributed by atoms with Gasteiger partial charge in [-0.05, 0) is 19.1 Å². The Kier molecular flexibility index (Phi) is 1.69. The van der Waals surface area contributed by atoms with E-state index in [1.165, 1.54) is 4.90 Å². The van der Waals surface area contributed by atoms with Gasteiger partial charge in [0.2, 0.25) is 0 Å². The van der Waals surface area contributed by atoms with Gasteiger partial charge in [-0.15, -0.1) is 15.3 Å². The molecule has 0 N–H and O–H groups in total. The number of fused-ring (bicyclic) bond motifs is 1. The molecule has 84 valence electrons. The van der Waals surface area contributed by atoms with Crippen molar-refractivity contribution in [3.63, 3.8) is 0 Å². The quantitative estimate of drug-likeness (QED) is 0.723. The lowest BCUT2D eigenvalue weighted by Crippen LogP contribution is -2.56. The Hall–Kier alpha value is -1.79. The van der Waals surface area contributed by atoms with Gasteiger partial charge in [-0.25, -0.2) is 8.78 Å². The number of halogens is 2. The number of hydrogen-bond acceptors (Lipinski definition) is 4. The van der Waals surface area contributed by atoms with Gasteiger partial charge < -0.3 is 4.90 Å². The topological polar surface area (TPSA) is 46.3 Å². The normalized spacial score (nSPS) is 18.8. The van der Waals surface area contributed by atoms with Gasteiger partial charge in [0.25, 0.3) is 5.92 Å². The van der Waals surface area contributed by atoms with E-state index < -0.39 is 5.92 Å². The molecule has 7 heteroatoms. The van der Waals surface area contributed by atoms with Crippen LogP contribution in [-0.4, -0.2) is 38.8 Å². The van der Waals surface area contributed by atoms with Crippen molar-refractivity contribution in [3.8, 4) is 0 Å². The summed E-state index contributed by atoms with van der Waals surface area (Å²) in [6.45, 7) is 1.22. The molecule has 0 bridgehead atoms. The van der Waals surface area contributed by atoms with E-state index in [0.717, 1.165) is 0 Å². The highest BCUT2D eigenvalue weighted by atomic mass is 19.3. The van der Waals surface area contributed by atoms with Crippen LogP contribution in [0.5, 0.6) is 0 Å². The molecule has 1 saturated heterocycles. The van der Waals surface area contributed by atoms with Crippen LogP contribution in [0.25, 0.3) is 5.65 Å². The third-order valence-electron chi connectivity index (χ3n) is 2.57. The van der Waals surface area contributed by atoms with Crippen molar-refractivity contribution in [2.24, 2.45) is 0 Å². The molecular weight excluding hydrogens is 216 g/mol. The van der Waals surface area contributed by atoms with Gasteiger partial charge in [0.05, 0.1) is 13.1 Å². The number of rotatable bonds is 1. The molecule has 2 aromatic rings. The van der Waals surface area contributed by atoms with Crippen molar-refractivity contribution >= 4 is 11.5 Å². The van der Waals surface area contributed by atoms with Crippen LogP contribution in [0, 0.1) is 6.92 Å². The molecule has 0 aliphatic carbocycles. The predicted octanol–water partition coefficient (Wildman–Crippen LogP) is 0.888. The Morgan fingerprint density at radius 3 is 2.69 bits per heavy atom. The Bertz CT molecular complexity index is 542. The maximum Gasteiger partial charge on any atom is 0.282 e. The molecule has 0 radical (unpaired) electrons. The minimum atomic E-state index is -2.58. The molecular formula is C9H9F2N5. The van der Waals surface area contributed by atoms with Crippen molar-refractivity contribution in [2.75, 3.05) is 18.0 Å². The molecule has 3 heterocycles. The van der Waals surface area contributed by atoms with Crippen LogP contribution in [0.1, 0.15) is 5.82 Å². The number of aryl methyl sites for hydroxylation is 1. The highest BCUT2D eigenvalue weighted by Gasteiger charge is 2.44. The van der Waals surface area contributed by atoms with E-state index >= 15 is 0 Å². The Morgan fingerprint density at radius 1 is 1.25 bits per heavy atom. The van der Waals surface area contributed by atoms with Gasteiger partial charge >= 0.3 is 0 Å². The summed E-state index contributed by atoms with van der Waals surface area (Å²) >= 11 is 0. The van der Waals surface area contributed by atoms with Crippen LogP contribution >= 0.6 is 0 Å². The SMILES string of the molecule is Cc1nnc2ccc(N3CC(F)(F)C3)nn12. The Balaban J connectivity index is 1.97. The van der Waals surface area contributed by atoms with Crippen LogP contribution in [0.15, 0.2) is 12.1 Å². The fourth-order valence-corrected chi connectivity index (χ4v) is 1.73. The summed E-state index contributed by atoms with van der Waals surface area (Å²) in [5.41, 5.74) is 0.619. The van der Waals surface area contributed by atoms with E-state index in [1.54, 1.807) is 23.6 Å². The van der Waals surface area contributed by atoms with E-state index in [1.807, 2.05) is 0 Å². The molecule has 1 aliphatic heterocycles. The minimum Gasteiger partial charge on any atom is -0.343 e. The maximum atomic E-state index is 12.7. The Morgan fingerprint density at radius 2 is 2.00 bits per heavy atom. The summed E-state index contributed by atoms with van der Waals surface area (Å²) in [4.78, 5) is 1.53. The number of anilines is 1. The number of alkyl halides is 2. The first kappa shape index (κ1) is 9.44. The zero-order valence-corrected chi connectivity index (χ0v) is 8.56. The third-order valence-corrected chi connectivity index (χ3v) is 2.57. The van der Waals surface area contributed by atoms with Crippen molar-refractivity contribution in [2.45, 2.75) is 12.8 Å². The molecule has 16 heavy (non-hydrogen) atoms. The van der Waals surface area contributed by atoms with Crippen molar-refractivity contribution in [1.29, 1.82) is 0 Å². The molecule has 0 saturated carbocycles. The molecule has 0 aromatic carbocycles. The van der Waals surface area contributed by atoms with Gasteiger partial charge in [-0.1, -0.05) is 0 Å². The number of aromatic nitrogens is 4. The molecule has 0 atom stereocenters. The lowest BCUT2D eigenvalue weighted by atomic mass is 10.1. The van der Waals surface area contributed by atoms with E-state index in [9.17, 15) is 8.78 Å². The predicted molar refractivity (Wildman–Crippen MR) is 52.7 cm³/mol. The van der Waals surface area contributed by atoms with Crippen LogP contribution < -0.4 is 4.90 Å². The molecule has 0 spiro atoms. The lowest BCUT2D eigenvalue weighted by Gasteiger charge is -2.39. The summed E-state index contributed by atoms with van der Waals surface area (Å²) in [6, 6.07) is 3.40. The fraction of sp³-hybridized carbons (Fsp3) is 0.444. The first-order chi connectivity index (χ1) is 7.55. The summed E-state index contributed by atoms with van der Waals surface area (Å²) in [7, 11) is 0. The van der Waals surface area contributed by atoms with Crippen LogP contribution in [0.2, 0.25) is 0 Å². The highest BCUT2D eigenvalue weighted by Crippen LogP contribution is 2.30. The molecule has 0 amide bonds. The molecule has 3 rings (SSSR count). The van der Waals surface area contributed by atoms with Crippen LogP contribution in [-0.2, 0) is 0 Å². The lowest BCUT2D eigenvalue weighted by molar-refractivity contribution is -0.0268. The standard InChI is InChI=1S/C9H9F2N5/c1-6-12-13-7-2-3-8(14-16(6)7)15-4-9(10,11)5-15/h2-3H,4-5H2,1H3. The van der Waals surface area contributed by atoms with E-state index in [2.05, 4.69) is 15.3 Å². The van der Waals surface area contributed by atoms with E-state index in [-0.39, 0.29) is 13.1 Å². The van der Waals surface area contributed by atoms with Crippen LogP contribution in [0.3, 0.4) is 0 Å². The zero-order chi connectivity index (χ0) is 11.3. The third kappa shape index (κ3) is 1.31. The summed E-state index contributed by atoms with van der Waals surface area (Å²) in [6.07, 6.45) is 0. The van der Waals surface area contributed by atoms with E-state index in [4.69, 9.17) is 0 Å².